The molecule has 2 aliphatic rings. The molecule has 0 atom stereocenters. The number of hydrogen-bond donors (Lipinski definition) is 0. The number of likely N-dealkylation sites (tertiary alicyclic amines) is 1. The van der Waals surface area contributed by atoms with E-state index in [1.54, 1.807) is 17.0 Å². The molecule has 0 unspecified atom stereocenters. The number of furan rings is 1. The predicted molar refractivity (Wildman–Crippen MR) is 84.9 cm³/mol. The summed E-state index contributed by atoms with van der Waals surface area (Å²) in [4.78, 5) is 39.3. The molecule has 2 saturated heterocycles. The first-order valence-electron chi connectivity index (χ1n) is 6.83. The van der Waals surface area contributed by atoms with E-state index in [2.05, 4.69) is 15.9 Å². The maximum Gasteiger partial charge on any atom is 0.294 e. The van der Waals surface area contributed by atoms with Crippen LogP contribution in [0.4, 0.5) is 4.79 Å². The Hall–Kier alpha value is -1.54. The SMILES string of the molecule is O=C(CN1C(=O)S/C(=C\c2ccc(Br)o2)C1=O)N1CCCC1. The van der Waals surface area contributed by atoms with Crippen LogP contribution in [0.1, 0.15) is 18.6 Å². The first-order chi connectivity index (χ1) is 10.5. The van der Waals surface area contributed by atoms with E-state index >= 15 is 0 Å². The summed E-state index contributed by atoms with van der Waals surface area (Å²) in [5.41, 5.74) is 0. The van der Waals surface area contributed by atoms with Gasteiger partial charge in [-0.25, -0.2) is 0 Å². The number of carbonyl (C=O) groups excluding carboxylic acids is 3. The van der Waals surface area contributed by atoms with Crippen LogP contribution in [0.5, 0.6) is 0 Å². The van der Waals surface area contributed by atoms with Crippen LogP contribution in [0, 0.1) is 0 Å². The van der Waals surface area contributed by atoms with Gasteiger partial charge in [-0.15, -0.1) is 0 Å². The van der Waals surface area contributed by atoms with E-state index in [9.17, 15) is 14.4 Å². The Labute approximate surface area is 139 Å². The lowest BCUT2D eigenvalue weighted by atomic mass is 10.3. The second-order valence-electron chi connectivity index (χ2n) is 5.00. The van der Waals surface area contributed by atoms with E-state index in [0.29, 0.717) is 23.5 Å². The van der Waals surface area contributed by atoms with Gasteiger partial charge in [0.05, 0.1) is 4.91 Å². The molecule has 116 valence electrons. The van der Waals surface area contributed by atoms with Gasteiger partial charge in [0.25, 0.3) is 11.1 Å². The standard InChI is InChI=1S/C14H13BrN2O4S/c15-11-4-3-9(21-11)7-10-13(19)17(14(20)22-10)8-12(18)16-5-1-2-6-16/h3-4,7H,1-2,5-6,8H2/b10-7-. The lowest BCUT2D eigenvalue weighted by molar-refractivity contribution is -0.135. The summed E-state index contributed by atoms with van der Waals surface area (Å²) in [5.74, 6) is -0.153. The van der Waals surface area contributed by atoms with Crippen molar-refractivity contribution < 1.29 is 18.8 Å². The van der Waals surface area contributed by atoms with Gasteiger partial charge in [0, 0.05) is 19.2 Å². The fourth-order valence-corrected chi connectivity index (χ4v) is 3.51. The van der Waals surface area contributed by atoms with Crippen molar-refractivity contribution in [3.8, 4) is 0 Å². The van der Waals surface area contributed by atoms with Crippen molar-refractivity contribution in [3.63, 3.8) is 0 Å². The van der Waals surface area contributed by atoms with E-state index in [0.717, 1.165) is 29.5 Å². The molecule has 0 saturated carbocycles. The van der Waals surface area contributed by atoms with Crippen LogP contribution in [0.3, 0.4) is 0 Å². The molecule has 1 aromatic rings. The monoisotopic (exact) mass is 384 g/mol. The third-order valence-electron chi connectivity index (χ3n) is 3.49. The summed E-state index contributed by atoms with van der Waals surface area (Å²) in [6.45, 7) is 1.21. The maximum atomic E-state index is 12.3. The fourth-order valence-electron chi connectivity index (χ4n) is 2.37. The molecule has 2 fully saturated rings. The summed E-state index contributed by atoms with van der Waals surface area (Å²) >= 11 is 4.00. The van der Waals surface area contributed by atoms with Gasteiger partial charge in [0.2, 0.25) is 5.91 Å². The second kappa shape index (κ2) is 6.29. The Morgan fingerprint density at radius 3 is 2.68 bits per heavy atom. The zero-order valence-electron chi connectivity index (χ0n) is 11.6. The van der Waals surface area contributed by atoms with Crippen LogP contribution in [-0.4, -0.2) is 46.5 Å². The summed E-state index contributed by atoms with van der Waals surface area (Å²) in [7, 11) is 0. The molecule has 3 heterocycles. The average molecular weight is 385 g/mol. The lowest BCUT2D eigenvalue weighted by Gasteiger charge is -2.18. The smallest absolute Gasteiger partial charge is 0.294 e. The number of halogens is 1. The minimum Gasteiger partial charge on any atom is -0.450 e. The third kappa shape index (κ3) is 3.12. The summed E-state index contributed by atoms with van der Waals surface area (Å²) in [5, 5.41) is -0.422. The Kier molecular flexibility index (Phi) is 4.39. The van der Waals surface area contributed by atoms with Crippen LogP contribution in [0.2, 0.25) is 0 Å². The topological polar surface area (TPSA) is 70.8 Å². The number of amides is 3. The molecule has 3 amide bonds. The average Bonchev–Trinajstić information content (AvgIpc) is 3.18. The highest BCUT2D eigenvalue weighted by atomic mass is 79.9. The Balaban J connectivity index is 1.71. The summed E-state index contributed by atoms with van der Waals surface area (Å²) in [6.07, 6.45) is 3.46. The van der Waals surface area contributed by atoms with Crippen molar-refractivity contribution in [2.45, 2.75) is 12.8 Å². The minimum atomic E-state index is -0.449. The molecule has 2 aliphatic heterocycles. The number of thioether (sulfide) groups is 1. The fraction of sp³-hybridized carbons (Fsp3) is 0.357. The quantitative estimate of drug-likeness (QED) is 0.749. The number of nitrogens with zero attached hydrogens (tertiary/aromatic N) is 2. The van der Waals surface area contributed by atoms with E-state index in [-0.39, 0.29) is 17.4 Å². The van der Waals surface area contributed by atoms with Crippen molar-refractivity contribution in [2.24, 2.45) is 0 Å². The zero-order valence-corrected chi connectivity index (χ0v) is 14.0. The Bertz CT molecular complexity index is 664. The minimum absolute atomic E-state index is 0.179. The van der Waals surface area contributed by atoms with Crippen molar-refractivity contribution in [1.82, 2.24) is 9.80 Å². The van der Waals surface area contributed by atoms with Gasteiger partial charge in [-0.05, 0) is 52.7 Å². The highest BCUT2D eigenvalue weighted by Crippen LogP contribution is 2.32. The molecule has 22 heavy (non-hydrogen) atoms. The molecule has 6 nitrogen and oxygen atoms in total. The first-order valence-corrected chi connectivity index (χ1v) is 8.44. The Morgan fingerprint density at radius 2 is 2.05 bits per heavy atom. The normalized spacial score (nSPS) is 20.5. The van der Waals surface area contributed by atoms with Crippen LogP contribution in [0.25, 0.3) is 6.08 Å². The molecule has 0 aromatic carbocycles. The number of carbonyl (C=O) groups is 3. The van der Waals surface area contributed by atoms with Gasteiger partial charge in [0.15, 0.2) is 4.67 Å². The van der Waals surface area contributed by atoms with E-state index in [4.69, 9.17) is 4.42 Å². The van der Waals surface area contributed by atoms with Crippen molar-refractivity contribution in [1.29, 1.82) is 0 Å². The molecule has 0 bridgehead atoms. The van der Waals surface area contributed by atoms with Gasteiger partial charge in [-0.1, -0.05) is 0 Å². The molecule has 8 heteroatoms. The summed E-state index contributed by atoms with van der Waals surface area (Å²) in [6, 6.07) is 3.39. The van der Waals surface area contributed by atoms with Crippen LogP contribution < -0.4 is 0 Å². The van der Waals surface area contributed by atoms with E-state index < -0.39 is 11.1 Å². The molecular formula is C14H13BrN2O4S. The number of rotatable bonds is 3. The largest absolute Gasteiger partial charge is 0.450 e. The molecule has 0 spiro atoms. The van der Waals surface area contributed by atoms with Gasteiger partial charge in [-0.3, -0.25) is 19.3 Å². The van der Waals surface area contributed by atoms with Gasteiger partial charge in [0.1, 0.15) is 12.3 Å². The van der Waals surface area contributed by atoms with Crippen LogP contribution in [0.15, 0.2) is 26.1 Å². The third-order valence-corrected chi connectivity index (χ3v) is 4.83. The van der Waals surface area contributed by atoms with Crippen molar-refractivity contribution in [2.75, 3.05) is 19.6 Å². The predicted octanol–water partition coefficient (Wildman–Crippen LogP) is 2.70. The first kappa shape index (κ1) is 15.4. The summed E-state index contributed by atoms with van der Waals surface area (Å²) < 4.78 is 5.84. The maximum absolute atomic E-state index is 12.3. The van der Waals surface area contributed by atoms with Crippen LogP contribution in [-0.2, 0) is 9.59 Å². The lowest BCUT2D eigenvalue weighted by Crippen LogP contribution is -2.40. The molecule has 0 aliphatic carbocycles. The molecule has 0 radical (unpaired) electrons. The number of imide groups is 1. The zero-order chi connectivity index (χ0) is 15.7. The van der Waals surface area contributed by atoms with Gasteiger partial charge < -0.3 is 9.32 Å². The molecule has 3 rings (SSSR count). The molecule has 0 N–H and O–H groups in total. The second-order valence-corrected chi connectivity index (χ2v) is 6.77. The van der Waals surface area contributed by atoms with E-state index in [1.165, 1.54) is 6.08 Å². The molecule has 1 aromatic heterocycles. The van der Waals surface area contributed by atoms with Gasteiger partial charge in [-0.2, -0.15) is 0 Å². The van der Waals surface area contributed by atoms with Gasteiger partial charge >= 0.3 is 0 Å². The number of hydrogen-bond acceptors (Lipinski definition) is 5. The van der Waals surface area contributed by atoms with E-state index in [1.807, 2.05) is 0 Å². The highest BCUT2D eigenvalue weighted by molar-refractivity contribution is 9.10. The highest BCUT2D eigenvalue weighted by Gasteiger charge is 2.37. The Morgan fingerprint density at radius 1 is 1.32 bits per heavy atom. The van der Waals surface area contributed by atoms with Crippen molar-refractivity contribution in [3.05, 3.63) is 27.5 Å². The van der Waals surface area contributed by atoms with Crippen molar-refractivity contribution >= 4 is 50.8 Å². The molecular weight excluding hydrogens is 372 g/mol. The van der Waals surface area contributed by atoms with Crippen LogP contribution >= 0.6 is 27.7 Å².